The number of hydrogen-bond acceptors (Lipinski definition) is 3. The minimum atomic E-state index is -0.321. The highest BCUT2D eigenvalue weighted by Gasteiger charge is 2.21. The number of anilines is 2. The predicted octanol–water partition coefficient (Wildman–Crippen LogP) is 7.44. The predicted molar refractivity (Wildman–Crippen MR) is 166 cm³/mol. The molecule has 3 amide bonds. The van der Waals surface area contributed by atoms with Crippen LogP contribution in [0.25, 0.3) is 27.7 Å². The summed E-state index contributed by atoms with van der Waals surface area (Å²) >= 11 is 0. The Kier molecular flexibility index (Phi) is 8.15. The normalized spacial score (nSPS) is 11.0. The molecular weight excluding hydrogens is 510 g/mol. The van der Waals surface area contributed by atoms with Gasteiger partial charge in [-0.3, -0.25) is 4.79 Å². The molecule has 5 aromatic rings. The topological polar surface area (TPSA) is 79.3 Å². The van der Waals surface area contributed by atoms with Crippen LogP contribution >= 0.6 is 0 Å². The molecule has 0 saturated carbocycles. The quantitative estimate of drug-likeness (QED) is 0.213. The van der Waals surface area contributed by atoms with E-state index in [9.17, 15) is 9.59 Å². The van der Waals surface area contributed by atoms with Gasteiger partial charge in [-0.15, -0.1) is 0 Å². The zero-order valence-electron chi connectivity index (χ0n) is 23.9. The first-order valence-electron chi connectivity index (χ1n) is 13.8. The number of rotatable bonds is 8. The van der Waals surface area contributed by atoms with Crippen LogP contribution in [-0.4, -0.2) is 39.7 Å². The molecule has 7 heteroatoms. The molecule has 0 fully saturated rings. The van der Waals surface area contributed by atoms with Crippen molar-refractivity contribution in [3.63, 3.8) is 0 Å². The van der Waals surface area contributed by atoms with Gasteiger partial charge in [-0.05, 0) is 42.8 Å². The van der Waals surface area contributed by atoms with Gasteiger partial charge in [0, 0.05) is 23.6 Å². The first kappa shape index (κ1) is 27.6. The maximum Gasteiger partial charge on any atom is 0.322 e. The molecule has 2 N–H and O–H groups in total. The van der Waals surface area contributed by atoms with Crippen molar-refractivity contribution in [2.75, 3.05) is 23.7 Å². The number of benzene rings is 4. The van der Waals surface area contributed by atoms with Crippen LogP contribution in [0.5, 0.6) is 0 Å². The Balaban J connectivity index is 1.40. The van der Waals surface area contributed by atoms with Crippen LogP contribution in [0.1, 0.15) is 25.0 Å². The van der Waals surface area contributed by atoms with Crippen LogP contribution in [-0.2, 0) is 4.79 Å². The van der Waals surface area contributed by atoms with E-state index in [-0.39, 0.29) is 24.4 Å². The van der Waals surface area contributed by atoms with Crippen LogP contribution in [0.15, 0.2) is 97.1 Å². The molecule has 41 heavy (non-hydrogen) atoms. The Hall–Kier alpha value is -4.91. The van der Waals surface area contributed by atoms with Gasteiger partial charge in [-0.1, -0.05) is 98.3 Å². The second-order valence-corrected chi connectivity index (χ2v) is 10.8. The molecule has 0 radical (unpaired) electrons. The van der Waals surface area contributed by atoms with Crippen molar-refractivity contribution >= 4 is 34.2 Å². The summed E-state index contributed by atoms with van der Waals surface area (Å²) in [4.78, 5) is 28.5. The van der Waals surface area contributed by atoms with E-state index < -0.39 is 0 Å². The smallest absolute Gasteiger partial charge is 0.315 e. The van der Waals surface area contributed by atoms with Crippen molar-refractivity contribution in [2.24, 2.45) is 5.92 Å². The van der Waals surface area contributed by atoms with Gasteiger partial charge in [0.1, 0.15) is 12.4 Å². The molecule has 0 unspecified atom stereocenters. The number of carbonyl (C=O) groups is 2. The van der Waals surface area contributed by atoms with Crippen molar-refractivity contribution in [1.82, 2.24) is 14.7 Å². The first-order chi connectivity index (χ1) is 19.8. The number of aromatic nitrogens is 2. The molecular formula is C34H35N5O2. The summed E-state index contributed by atoms with van der Waals surface area (Å²) in [5.41, 5.74) is 5.47. The fourth-order valence-electron chi connectivity index (χ4n) is 4.99. The number of aryl methyl sites for hydroxylation is 2. The van der Waals surface area contributed by atoms with E-state index in [4.69, 9.17) is 5.10 Å². The third-order valence-electron chi connectivity index (χ3n) is 6.87. The lowest BCUT2D eigenvalue weighted by atomic mass is 10.1. The van der Waals surface area contributed by atoms with Gasteiger partial charge in [0.25, 0.3) is 0 Å². The summed E-state index contributed by atoms with van der Waals surface area (Å²) < 4.78 is 1.76. The number of nitrogens with zero attached hydrogens (tertiary/aromatic N) is 3. The average Bonchev–Trinajstić information content (AvgIpc) is 3.36. The largest absolute Gasteiger partial charge is 0.322 e. The highest BCUT2D eigenvalue weighted by molar-refractivity contribution is 6.03. The zero-order valence-corrected chi connectivity index (χ0v) is 23.9. The third-order valence-corrected chi connectivity index (χ3v) is 6.87. The van der Waals surface area contributed by atoms with E-state index in [1.807, 2.05) is 119 Å². The van der Waals surface area contributed by atoms with Crippen molar-refractivity contribution in [3.8, 4) is 16.9 Å². The second-order valence-electron chi connectivity index (χ2n) is 10.8. The van der Waals surface area contributed by atoms with Gasteiger partial charge in [0.2, 0.25) is 5.91 Å². The molecule has 0 atom stereocenters. The van der Waals surface area contributed by atoms with Gasteiger partial charge in [-0.25, -0.2) is 9.48 Å². The second kappa shape index (κ2) is 12.1. The Morgan fingerprint density at radius 2 is 1.59 bits per heavy atom. The number of carbonyl (C=O) groups excluding carboxylic acids is 2. The number of nitrogens with one attached hydrogen (secondary N) is 2. The Morgan fingerprint density at radius 1 is 0.854 bits per heavy atom. The van der Waals surface area contributed by atoms with E-state index in [0.717, 1.165) is 38.8 Å². The summed E-state index contributed by atoms with van der Waals surface area (Å²) in [5.74, 6) is 0.412. The maximum absolute atomic E-state index is 13.5. The molecule has 1 aromatic heterocycles. The minimum absolute atomic E-state index is 0.104. The Bertz CT molecular complexity index is 1690. The highest BCUT2D eigenvalue weighted by Crippen LogP contribution is 2.27. The lowest BCUT2D eigenvalue weighted by molar-refractivity contribution is -0.116. The summed E-state index contributed by atoms with van der Waals surface area (Å²) in [5, 5.41) is 12.9. The van der Waals surface area contributed by atoms with E-state index in [1.54, 1.807) is 9.58 Å². The number of amides is 3. The Morgan fingerprint density at radius 3 is 2.34 bits per heavy atom. The van der Waals surface area contributed by atoms with E-state index >= 15 is 0 Å². The molecule has 7 nitrogen and oxygen atoms in total. The number of urea groups is 1. The van der Waals surface area contributed by atoms with Crippen molar-refractivity contribution in [3.05, 3.63) is 108 Å². The zero-order chi connectivity index (χ0) is 28.9. The van der Waals surface area contributed by atoms with E-state index in [1.165, 1.54) is 0 Å². The fraction of sp³-hybridized carbons (Fsp3) is 0.206. The molecule has 1 heterocycles. The molecule has 0 saturated heterocycles. The summed E-state index contributed by atoms with van der Waals surface area (Å²) in [6.45, 7) is 8.45. The molecule has 5 rings (SSSR count). The van der Waals surface area contributed by atoms with Crippen LogP contribution in [0, 0.1) is 19.8 Å². The van der Waals surface area contributed by atoms with E-state index in [0.29, 0.717) is 18.1 Å². The van der Waals surface area contributed by atoms with Crippen LogP contribution in [0.2, 0.25) is 0 Å². The highest BCUT2D eigenvalue weighted by atomic mass is 16.2. The number of fused-ring (bicyclic) bond motifs is 1. The van der Waals surface area contributed by atoms with Gasteiger partial charge in [-0.2, -0.15) is 5.10 Å². The van der Waals surface area contributed by atoms with Crippen LogP contribution < -0.4 is 10.6 Å². The van der Waals surface area contributed by atoms with Crippen LogP contribution in [0.3, 0.4) is 0 Å². The molecule has 0 aliphatic heterocycles. The SMILES string of the molecule is Cc1ccc(-n2nc(-c3ccccc3)cc2NC(=O)CN(CC(C)C)C(=O)Nc2cccc3ccccc23)c(C)c1. The fourth-order valence-corrected chi connectivity index (χ4v) is 4.99. The van der Waals surface area contributed by atoms with Crippen molar-refractivity contribution in [1.29, 1.82) is 0 Å². The summed E-state index contributed by atoms with van der Waals surface area (Å²) in [7, 11) is 0. The monoisotopic (exact) mass is 545 g/mol. The van der Waals surface area contributed by atoms with Gasteiger partial charge in [0.15, 0.2) is 0 Å². The molecule has 0 aliphatic rings. The Labute approximate surface area is 240 Å². The summed E-state index contributed by atoms with van der Waals surface area (Å²) in [6.07, 6.45) is 0. The van der Waals surface area contributed by atoms with Crippen LogP contribution in [0.4, 0.5) is 16.3 Å². The van der Waals surface area contributed by atoms with Gasteiger partial charge < -0.3 is 15.5 Å². The lowest BCUT2D eigenvalue weighted by Gasteiger charge is -2.25. The molecule has 0 bridgehead atoms. The van der Waals surface area contributed by atoms with E-state index in [2.05, 4.69) is 16.7 Å². The number of hydrogen-bond donors (Lipinski definition) is 2. The molecule has 4 aromatic carbocycles. The van der Waals surface area contributed by atoms with Gasteiger partial charge in [0.05, 0.1) is 17.1 Å². The lowest BCUT2D eigenvalue weighted by Crippen LogP contribution is -2.42. The maximum atomic E-state index is 13.5. The molecule has 0 spiro atoms. The van der Waals surface area contributed by atoms with Gasteiger partial charge >= 0.3 is 6.03 Å². The van der Waals surface area contributed by atoms with Crippen molar-refractivity contribution < 1.29 is 9.59 Å². The third kappa shape index (κ3) is 6.47. The minimum Gasteiger partial charge on any atom is -0.315 e. The first-order valence-corrected chi connectivity index (χ1v) is 13.8. The standard InChI is InChI=1S/C34H35N5O2/c1-23(2)21-38(34(41)35-29-16-10-14-26-11-8-9-15-28(26)29)22-33(40)36-32-20-30(27-12-6-5-7-13-27)37-39(32)31-18-17-24(3)19-25(31)4/h5-20,23H,21-22H2,1-4H3,(H,35,41)(H,36,40). The average molecular weight is 546 g/mol. The molecule has 0 aliphatic carbocycles. The van der Waals surface area contributed by atoms with Crippen molar-refractivity contribution in [2.45, 2.75) is 27.7 Å². The molecule has 208 valence electrons. The summed E-state index contributed by atoms with van der Waals surface area (Å²) in [6, 6.07) is 31.2.